The molecule has 3 heterocycles. The smallest absolute Gasteiger partial charge is 0.333 e. The molecule has 0 saturated heterocycles. The van der Waals surface area contributed by atoms with Crippen LogP contribution in [-0.2, 0) is 21.6 Å². The van der Waals surface area contributed by atoms with E-state index in [0.29, 0.717) is 38.7 Å². The summed E-state index contributed by atoms with van der Waals surface area (Å²) in [7, 11) is 1.57. The Hall–Kier alpha value is -3.74. The average Bonchev–Trinajstić information content (AvgIpc) is 3.74. The first-order chi connectivity index (χ1) is 20.5. The van der Waals surface area contributed by atoms with E-state index < -0.39 is 28.9 Å². The van der Waals surface area contributed by atoms with Gasteiger partial charge in [-0.3, -0.25) is 9.36 Å². The van der Waals surface area contributed by atoms with Crippen molar-refractivity contribution in [2.24, 2.45) is 11.8 Å². The van der Waals surface area contributed by atoms with E-state index in [1.54, 1.807) is 14.0 Å². The van der Waals surface area contributed by atoms with Gasteiger partial charge in [0.15, 0.2) is 0 Å². The zero-order chi connectivity index (χ0) is 30.6. The number of carbonyl (C=O) groups is 1. The van der Waals surface area contributed by atoms with Crippen molar-refractivity contribution in [2.75, 3.05) is 7.11 Å². The van der Waals surface area contributed by atoms with E-state index in [1.165, 1.54) is 42.2 Å². The van der Waals surface area contributed by atoms with Gasteiger partial charge in [0.1, 0.15) is 28.5 Å². The third-order valence-corrected chi connectivity index (χ3v) is 10.4. The highest BCUT2D eigenvalue weighted by Crippen LogP contribution is 2.47. The average molecular weight is 610 g/mol. The Balaban J connectivity index is 1.52. The zero-order valence-electron chi connectivity index (χ0n) is 24.5. The molecule has 2 N–H and O–H groups in total. The van der Waals surface area contributed by atoms with Gasteiger partial charge < -0.3 is 24.1 Å². The van der Waals surface area contributed by atoms with Crippen molar-refractivity contribution in [3.8, 4) is 16.5 Å². The number of fused-ring (bicyclic) bond motifs is 2. The molecule has 2 aliphatic carbocycles. The molecule has 0 bridgehead atoms. The summed E-state index contributed by atoms with van der Waals surface area (Å²) in [6.45, 7) is 4.42. The maximum atomic E-state index is 14.2. The van der Waals surface area contributed by atoms with Crippen LogP contribution in [0.3, 0.4) is 0 Å². The molecule has 0 aliphatic heterocycles. The summed E-state index contributed by atoms with van der Waals surface area (Å²) >= 11 is 1.20. The van der Waals surface area contributed by atoms with Gasteiger partial charge in [0.2, 0.25) is 5.89 Å². The number of ether oxygens (including phenoxy) is 2. The number of aliphatic hydroxyl groups excluding tert-OH is 1. The highest BCUT2D eigenvalue weighted by atomic mass is 32.1. The predicted molar refractivity (Wildman–Crippen MR) is 160 cm³/mol. The molecule has 4 aromatic rings. The summed E-state index contributed by atoms with van der Waals surface area (Å²) in [5.74, 6) is 0.352. The minimum absolute atomic E-state index is 0.00508. The molecule has 2 saturated carbocycles. The molecule has 5 atom stereocenters. The maximum Gasteiger partial charge on any atom is 0.333 e. The number of aliphatic hydroxyl groups is 1. The van der Waals surface area contributed by atoms with Crippen LogP contribution in [0.2, 0.25) is 0 Å². The molecular formula is C31H35N3O8S. The van der Waals surface area contributed by atoms with Crippen LogP contribution < -0.4 is 16.0 Å². The second-order valence-corrected chi connectivity index (χ2v) is 13.1. The molecule has 43 heavy (non-hydrogen) atoms. The molecule has 6 rings (SSSR count). The minimum atomic E-state index is -1.83. The van der Waals surface area contributed by atoms with Gasteiger partial charge in [0.05, 0.1) is 42.3 Å². The molecule has 1 aromatic carbocycles. The third kappa shape index (κ3) is 5.00. The summed E-state index contributed by atoms with van der Waals surface area (Å²) in [6.07, 6.45) is 5.03. The lowest BCUT2D eigenvalue weighted by atomic mass is 10.0. The maximum absolute atomic E-state index is 14.2. The van der Waals surface area contributed by atoms with Crippen LogP contribution in [0.15, 0.2) is 50.7 Å². The highest BCUT2D eigenvalue weighted by Gasteiger charge is 2.43. The van der Waals surface area contributed by atoms with Crippen molar-refractivity contribution in [1.29, 1.82) is 0 Å². The van der Waals surface area contributed by atoms with Crippen molar-refractivity contribution in [3.05, 3.63) is 68.7 Å². The number of methoxy groups -OCH3 is 1. The second-order valence-electron chi connectivity index (χ2n) is 12.1. The topological polar surface area (TPSA) is 146 Å². The van der Waals surface area contributed by atoms with E-state index in [2.05, 4.69) is 4.98 Å². The van der Waals surface area contributed by atoms with Crippen LogP contribution in [0.5, 0.6) is 5.75 Å². The molecule has 0 amide bonds. The number of hydrogen-bond acceptors (Lipinski definition) is 9. The number of rotatable bonds is 9. The van der Waals surface area contributed by atoms with E-state index in [0.717, 1.165) is 35.8 Å². The highest BCUT2D eigenvalue weighted by molar-refractivity contribution is 7.22. The first-order valence-corrected chi connectivity index (χ1v) is 15.2. The number of nitrogens with zero attached hydrogens (tertiary/aromatic N) is 3. The van der Waals surface area contributed by atoms with Crippen molar-refractivity contribution >= 4 is 27.5 Å². The number of hydrogen-bond donors (Lipinski definition) is 2. The third-order valence-electron chi connectivity index (χ3n) is 9.06. The quantitative estimate of drug-likeness (QED) is 0.283. The lowest BCUT2D eigenvalue weighted by Gasteiger charge is -2.27. The van der Waals surface area contributed by atoms with Gasteiger partial charge in [0, 0.05) is 5.56 Å². The van der Waals surface area contributed by atoms with Gasteiger partial charge in [0.25, 0.3) is 5.56 Å². The Bertz CT molecular complexity index is 1770. The Morgan fingerprint density at radius 1 is 1.19 bits per heavy atom. The van der Waals surface area contributed by atoms with E-state index in [4.69, 9.17) is 13.9 Å². The molecule has 0 spiro atoms. The molecule has 0 radical (unpaired) electrons. The van der Waals surface area contributed by atoms with Crippen LogP contribution in [0.4, 0.5) is 0 Å². The van der Waals surface area contributed by atoms with Crippen LogP contribution in [0.1, 0.15) is 56.8 Å². The minimum Gasteiger partial charge on any atom is -0.496 e. The second kappa shape index (κ2) is 11.1. The lowest BCUT2D eigenvalue weighted by Crippen LogP contribution is -2.52. The summed E-state index contributed by atoms with van der Waals surface area (Å²) < 4.78 is 20.3. The first-order valence-electron chi connectivity index (χ1n) is 14.4. The number of aromatic nitrogens is 3. The molecular weight excluding hydrogens is 574 g/mol. The van der Waals surface area contributed by atoms with Gasteiger partial charge in [-0.15, -0.1) is 11.3 Å². The molecule has 11 nitrogen and oxygen atoms in total. The van der Waals surface area contributed by atoms with E-state index in [1.807, 2.05) is 24.3 Å². The number of oxazole rings is 1. The van der Waals surface area contributed by atoms with Gasteiger partial charge in [-0.1, -0.05) is 18.2 Å². The molecule has 12 heteroatoms. The SMILES string of the molecule is COc1ccccc1[C@@H](Cn1c(=O)n(C(C)(C)C(=O)O)c(=O)c2c(C)c(-c3ncco3)sc21)OC1C[C@H]2CC(O)C[C@H]2C1. The van der Waals surface area contributed by atoms with E-state index in [9.17, 15) is 24.6 Å². The molecule has 2 fully saturated rings. The molecule has 2 unspecified atom stereocenters. The van der Waals surface area contributed by atoms with Crippen LogP contribution in [-0.4, -0.2) is 49.6 Å². The van der Waals surface area contributed by atoms with Crippen molar-refractivity contribution in [1.82, 2.24) is 14.1 Å². The van der Waals surface area contributed by atoms with Crippen LogP contribution >= 0.6 is 11.3 Å². The van der Waals surface area contributed by atoms with Gasteiger partial charge in [-0.05, 0) is 69.9 Å². The van der Waals surface area contributed by atoms with E-state index in [-0.39, 0.29) is 24.1 Å². The molecule has 3 aromatic heterocycles. The van der Waals surface area contributed by atoms with Gasteiger partial charge >= 0.3 is 11.7 Å². The van der Waals surface area contributed by atoms with Gasteiger partial charge in [-0.2, -0.15) is 0 Å². The number of benzene rings is 1. The fourth-order valence-corrected chi connectivity index (χ4v) is 8.06. The summed E-state index contributed by atoms with van der Waals surface area (Å²) in [4.78, 5) is 45.7. The number of carboxylic acids is 1. The summed E-state index contributed by atoms with van der Waals surface area (Å²) in [5, 5.41) is 20.4. The predicted octanol–water partition coefficient (Wildman–Crippen LogP) is 4.32. The fourth-order valence-electron chi connectivity index (χ4n) is 6.82. The molecule has 228 valence electrons. The number of aryl methyl sites for hydroxylation is 1. The number of para-hydroxylation sites is 1. The largest absolute Gasteiger partial charge is 0.496 e. The zero-order valence-corrected chi connectivity index (χ0v) is 25.3. The van der Waals surface area contributed by atoms with Crippen LogP contribution in [0, 0.1) is 18.8 Å². The van der Waals surface area contributed by atoms with Crippen molar-refractivity contribution in [2.45, 2.75) is 76.9 Å². The van der Waals surface area contributed by atoms with Crippen LogP contribution in [0.25, 0.3) is 21.0 Å². The Kier molecular flexibility index (Phi) is 7.55. The van der Waals surface area contributed by atoms with Crippen molar-refractivity contribution in [3.63, 3.8) is 0 Å². The van der Waals surface area contributed by atoms with Crippen molar-refractivity contribution < 1.29 is 28.9 Å². The fraction of sp³-hybridized carbons (Fsp3) is 0.484. The Labute approximate surface area is 251 Å². The number of thiophene rings is 1. The summed E-state index contributed by atoms with van der Waals surface area (Å²) in [6, 6.07) is 7.44. The lowest BCUT2D eigenvalue weighted by molar-refractivity contribution is -0.146. The number of aliphatic carboxylic acids is 1. The molecule has 2 aliphatic rings. The normalized spacial score (nSPS) is 22.6. The number of carboxylic acid groups (broad SMARTS) is 1. The monoisotopic (exact) mass is 609 g/mol. The standard InChI is InChI=1S/C31H35N3O8S/c1-16-24-27(36)34(31(2,3)29(37)38)30(39)33(28(24)43-25(16)26-32-9-10-41-26)15-23(21-7-5-6-8-22(21)40-4)42-20-13-17-11-19(35)12-18(17)14-20/h5-10,17-20,23,35H,11-15H2,1-4H3,(H,37,38)/t17-,18+,19?,20?,23-/m1/s1. The summed E-state index contributed by atoms with van der Waals surface area (Å²) in [5.41, 5.74) is -1.98. The van der Waals surface area contributed by atoms with Gasteiger partial charge in [-0.25, -0.2) is 19.1 Å². The Morgan fingerprint density at radius 2 is 1.88 bits per heavy atom. The first kappa shape index (κ1) is 29.3. The van der Waals surface area contributed by atoms with E-state index >= 15 is 0 Å². The Morgan fingerprint density at radius 3 is 2.51 bits per heavy atom.